The molecule has 0 heterocycles. The molecule has 0 bridgehead atoms. The summed E-state index contributed by atoms with van der Waals surface area (Å²) in [6, 6.07) is 0. The van der Waals surface area contributed by atoms with Crippen LogP contribution in [0.4, 0.5) is 0 Å². The molecule has 0 saturated heterocycles. The molecular weight excluding hydrogens is 560 g/mol. The van der Waals surface area contributed by atoms with Gasteiger partial charge in [-0.1, -0.05) is 138 Å². The van der Waals surface area contributed by atoms with Crippen molar-refractivity contribution in [2.24, 2.45) is 50.2 Å². The number of hydrogen-bond donors (Lipinski definition) is 0. The maximum Gasteiger partial charge on any atom is 0.306 e. The molecule has 264 valence electrons. The Bertz CT molecular complexity index is 1080. The average molecular weight is 637 g/mol. The summed E-state index contributed by atoms with van der Waals surface area (Å²) in [5.41, 5.74) is 3.88. The van der Waals surface area contributed by atoms with E-state index in [1.54, 1.807) is 0 Å². The third kappa shape index (κ3) is 6.70. The van der Waals surface area contributed by atoms with Gasteiger partial charge in [0.2, 0.25) is 0 Å². The van der Waals surface area contributed by atoms with Crippen molar-refractivity contribution in [1.29, 1.82) is 0 Å². The summed E-state index contributed by atoms with van der Waals surface area (Å²) in [7, 11) is 0. The zero-order valence-corrected chi connectivity index (χ0v) is 32.3. The zero-order valence-electron chi connectivity index (χ0n) is 32.3. The van der Waals surface area contributed by atoms with E-state index in [4.69, 9.17) is 4.74 Å². The number of carbonyl (C=O) groups excluding carboxylic acids is 1. The Morgan fingerprint density at radius 1 is 0.717 bits per heavy atom. The molecule has 0 spiro atoms. The third-order valence-corrected chi connectivity index (χ3v) is 16.3. The van der Waals surface area contributed by atoms with Crippen molar-refractivity contribution in [3.8, 4) is 0 Å². The lowest BCUT2D eigenvalue weighted by Gasteiger charge is -2.71. The highest BCUT2D eigenvalue weighted by Gasteiger charge is 2.68. The van der Waals surface area contributed by atoms with Crippen molar-refractivity contribution in [3.05, 3.63) is 11.6 Å². The molecule has 0 aliphatic heterocycles. The van der Waals surface area contributed by atoms with Crippen LogP contribution in [0.2, 0.25) is 0 Å². The first-order valence-electron chi connectivity index (χ1n) is 20.5. The van der Waals surface area contributed by atoms with Gasteiger partial charge in [-0.25, -0.2) is 0 Å². The van der Waals surface area contributed by atoms with E-state index in [1.165, 1.54) is 122 Å². The number of carbonyl (C=O) groups is 1. The molecule has 4 fully saturated rings. The van der Waals surface area contributed by atoms with Gasteiger partial charge < -0.3 is 4.74 Å². The lowest BCUT2D eigenvalue weighted by molar-refractivity contribution is -0.212. The Hall–Kier alpha value is -0.790. The summed E-state index contributed by atoms with van der Waals surface area (Å²) in [6.07, 6.45) is 31.1. The summed E-state index contributed by atoms with van der Waals surface area (Å²) < 4.78 is 6.40. The fraction of sp³-hybridized carbons (Fsp3) is 0.932. The van der Waals surface area contributed by atoms with Gasteiger partial charge in [-0.2, -0.15) is 0 Å². The normalized spacial score (nSPS) is 40.9. The Morgan fingerprint density at radius 2 is 1.33 bits per heavy atom. The molecule has 5 aliphatic carbocycles. The Labute approximate surface area is 286 Å². The van der Waals surface area contributed by atoms with Crippen LogP contribution in [0.1, 0.15) is 204 Å². The van der Waals surface area contributed by atoms with E-state index in [0.29, 0.717) is 39.4 Å². The Balaban J connectivity index is 1.17. The molecule has 2 heteroatoms. The standard InChI is InChI=1S/C44H76O2/c1-10-11-12-13-14-15-16-17-18-19-20-21-38(45)46-37-25-26-42(7)35(40(37,4)5)24-27-44(9)36(42)23-22-33-34-32-39(2,3)28-29-41(34,6)30-31-43(33,44)8/h22,34-37H,10-21,23-32H2,1-9H3/t34?,35?,36?,37-,41+,42-,43?,44+/m0/s1. The van der Waals surface area contributed by atoms with Crippen LogP contribution in [0.15, 0.2) is 11.6 Å². The highest BCUT2D eigenvalue weighted by molar-refractivity contribution is 5.69. The van der Waals surface area contributed by atoms with Gasteiger partial charge in [0.25, 0.3) is 0 Å². The van der Waals surface area contributed by atoms with Gasteiger partial charge in [0.15, 0.2) is 0 Å². The van der Waals surface area contributed by atoms with Gasteiger partial charge in [0.05, 0.1) is 0 Å². The molecule has 5 aliphatic rings. The molecule has 4 unspecified atom stereocenters. The maximum absolute atomic E-state index is 13.1. The minimum absolute atomic E-state index is 0.0323. The van der Waals surface area contributed by atoms with Gasteiger partial charge >= 0.3 is 5.97 Å². The van der Waals surface area contributed by atoms with E-state index in [0.717, 1.165) is 24.7 Å². The highest BCUT2D eigenvalue weighted by Crippen LogP contribution is 2.75. The highest BCUT2D eigenvalue weighted by atomic mass is 16.5. The number of esters is 1. The number of rotatable bonds is 13. The third-order valence-electron chi connectivity index (χ3n) is 16.3. The second kappa shape index (κ2) is 13.8. The summed E-state index contributed by atoms with van der Waals surface area (Å²) in [4.78, 5) is 13.1. The zero-order chi connectivity index (χ0) is 33.4. The molecule has 0 aromatic heterocycles. The lowest BCUT2D eigenvalue weighted by atomic mass is 9.33. The predicted molar refractivity (Wildman–Crippen MR) is 196 cm³/mol. The van der Waals surface area contributed by atoms with E-state index in [2.05, 4.69) is 68.4 Å². The van der Waals surface area contributed by atoms with Gasteiger partial charge in [0, 0.05) is 11.8 Å². The Kier molecular flexibility index (Phi) is 11.0. The van der Waals surface area contributed by atoms with Crippen LogP contribution < -0.4 is 0 Å². The molecule has 46 heavy (non-hydrogen) atoms. The number of fused-ring (bicyclic) bond motifs is 7. The van der Waals surface area contributed by atoms with Crippen LogP contribution >= 0.6 is 0 Å². The summed E-state index contributed by atoms with van der Waals surface area (Å²) in [5.74, 6) is 2.18. The lowest BCUT2D eigenvalue weighted by Crippen LogP contribution is -2.64. The molecular formula is C44H76O2. The van der Waals surface area contributed by atoms with E-state index >= 15 is 0 Å². The molecule has 0 N–H and O–H groups in total. The monoisotopic (exact) mass is 637 g/mol. The van der Waals surface area contributed by atoms with Gasteiger partial charge in [0.1, 0.15) is 6.10 Å². The number of allylic oxidation sites excluding steroid dienone is 2. The SMILES string of the molecule is CCCCCCCCCCCCCC(=O)O[C@H]1CC[C@@]2(C)C(CC[C@]3(C)C2CC=C2C4CC(C)(C)CC[C@]4(C)CCC23C)C1(C)C. The van der Waals surface area contributed by atoms with Crippen LogP contribution in [0.5, 0.6) is 0 Å². The first-order chi connectivity index (χ1) is 21.6. The smallest absolute Gasteiger partial charge is 0.306 e. The first-order valence-corrected chi connectivity index (χ1v) is 20.5. The van der Waals surface area contributed by atoms with Crippen LogP contribution in [0.25, 0.3) is 0 Å². The molecule has 0 radical (unpaired) electrons. The topological polar surface area (TPSA) is 26.3 Å². The number of hydrogen-bond acceptors (Lipinski definition) is 2. The van der Waals surface area contributed by atoms with Crippen molar-refractivity contribution >= 4 is 5.97 Å². The van der Waals surface area contributed by atoms with Gasteiger partial charge in [-0.05, 0) is 115 Å². The van der Waals surface area contributed by atoms with E-state index in [-0.39, 0.29) is 17.5 Å². The minimum Gasteiger partial charge on any atom is -0.462 e. The summed E-state index contributed by atoms with van der Waals surface area (Å²) >= 11 is 0. The van der Waals surface area contributed by atoms with Crippen LogP contribution in [-0.4, -0.2) is 12.1 Å². The van der Waals surface area contributed by atoms with E-state index < -0.39 is 0 Å². The summed E-state index contributed by atoms with van der Waals surface area (Å²) in [5, 5.41) is 0. The molecule has 8 atom stereocenters. The quantitative estimate of drug-likeness (QED) is 0.114. The number of unbranched alkanes of at least 4 members (excludes halogenated alkanes) is 10. The van der Waals surface area contributed by atoms with Crippen molar-refractivity contribution in [3.63, 3.8) is 0 Å². The van der Waals surface area contributed by atoms with Crippen LogP contribution in [0.3, 0.4) is 0 Å². The minimum atomic E-state index is 0.0323. The Morgan fingerprint density at radius 3 is 1.98 bits per heavy atom. The fourth-order valence-corrected chi connectivity index (χ4v) is 12.9. The fourth-order valence-electron chi connectivity index (χ4n) is 12.9. The van der Waals surface area contributed by atoms with Crippen molar-refractivity contribution in [1.82, 2.24) is 0 Å². The molecule has 0 aromatic carbocycles. The van der Waals surface area contributed by atoms with Gasteiger partial charge in [-0.15, -0.1) is 0 Å². The second-order valence-electron chi connectivity index (χ2n) is 20.0. The van der Waals surface area contributed by atoms with E-state index in [9.17, 15) is 4.79 Å². The van der Waals surface area contributed by atoms with Crippen LogP contribution in [0, 0.1) is 50.2 Å². The molecule has 5 rings (SSSR count). The molecule has 2 nitrogen and oxygen atoms in total. The molecule has 0 amide bonds. The largest absolute Gasteiger partial charge is 0.462 e. The first kappa shape index (κ1) is 36.5. The maximum atomic E-state index is 13.1. The molecule has 4 saturated carbocycles. The summed E-state index contributed by atoms with van der Waals surface area (Å²) in [6.45, 7) is 23.0. The second-order valence-corrected chi connectivity index (χ2v) is 20.0. The van der Waals surface area contributed by atoms with Crippen molar-refractivity contribution < 1.29 is 9.53 Å². The van der Waals surface area contributed by atoms with Gasteiger partial charge in [-0.3, -0.25) is 4.79 Å². The number of ether oxygens (including phenoxy) is 1. The van der Waals surface area contributed by atoms with Crippen molar-refractivity contribution in [2.45, 2.75) is 210 Å². The molecule has 0 aromatic rings. The van der Waals surface area contributed by atoms with Crippen LogP contribution in [-0.2, 0) is 9.53 Å². The predicted octanol–water partition coefficient (Wildman–Crippen LogP) is 13.4. The van der Waals surface area contributed by atoms with E-state index in [1.807, 2.05) is 5.57 Å². The average Bonchev–Trinajstić information content (AvgIpc) is 2.98. The van der Waals surface area contributed by atoms with Crippen molar-refractivity contribution in [2.75, 3.05) is 0 Å².